The number of rotatable bonds is 12. The van der Waals surface area contributed by atoms with Gasteiger partial charge in [0.1, 0.15) is 18.4 Å². The molecule has 0 unspecified atom stereocenters. The van der Waals surface area contributed by atoms with Crippen LogP contribution in [0.25, 0.3) is 0 Å². The van der Waals surface area contributed by atoms with Crippen molar-refractivity contribution in [2.24, 2.45) is 0 Å². The third-order valence-electron chi connectivity index (χ3n) is 6.69. The molecule has 43 heavy (non-hydrogen) atoms. The maximum Gasteiger partial charge on any atom is 0.264 e. The number of amides is 2. The van der Waals surface area contributed by atoms with Gasteiger partial charge in [0.15, 0.2) is 0 Å². The second-order valence-electron chi connectivity index (χ2n) is 10.3. The highest BCUT2D eigenvalue weighted by molar-refractivity contribution is 7.92. The lowest BCUT2D eigenvalue weighted by Crippen LogP contribution is -2.54. The van der Waals surface area contributed by atoms with E-state index in [9.17, 15) is 22.4 Å². The van der Waals surface area contributed by atoms with Crippen molar-refractivity contribution in [2.45, 2.75) is 43.8 Å². The Bertz CT molecular complexity index is 1620. The van der Waals surface area contributed by atoms with Crippen molar-refractivity contribution in [3.8, 4) is 0 Å². The number of sulfonamides is 1. The number of nitrogens with one attached hydrogen (secondary N) is 1. The van der Waals surface area contributed by atoms with Crippen LogP contribution in [0.3, 0.4) is 0 Å². The Kier molecular flexibility index (Phi) is 10.6. The monoisotopic (exact) mass is 621 g/mol. The van der Waals surface area contributed by atoms with E-state index in [1.54, 1.807) is 30.3 Å². The molecule has 0 fully saturated rings. The summed E-state index contributed by atoms with van der Waals surface area (Å²) in [6.45, 7) is 3.00. The summed E-state index contributed by atoms with van der Waals surface area (Å²) < 4.78 is 42.6. The Labute approximate surface area is 257 Å². The minimum absolute atomic E-state index is 0.0444. The first kappa shape index (κ1) is 31.7. The van der Waals surface area contributed by atoms with Gasteiger partial charge >= 0.3 is 0 Å². The van der Waals surface area contributed by atoms with Crippen molar-refractivity contribution in [3.05, 3.63) is 131 Å². The molecule has 4 aromatic rings. The zero-order valence-electron chi connectivity index (χ0n) is 23.9. The zero-order chi connectivity index (χ0) is 31.0. The van der Waals surface area contributed by atoms with Gasteiger partial charge in [0, 0.05) is 24.0 Å². The molecule has 10 heteroatoms. The summed E-state index contributed by atoms with van der Waals surface area (Å²) in [6, 6.07) is 27.7. The van der Waals surface area contributed by atoms with Gasteiger partial charge in [-0.25, -0.2) is 12.8 Å². The molecular formula is C33H33ClFN3O4S. The van der Waals surface area contributed by atoms with Crippen LogP contribution in [0.15, 0.2) is 114 Å². The first-order valence-electron chi connectivity index (χ1n) is 13.8. The van der Waals surface area contributed by atoms with E-state index in [0.29, 0.717) is 10.6 Å². The molecular weight excluding hydrogens is 589 g/mol. The Hall–Kier alpha value is -4.21. The maximum absolute atomic E-state index is 14.3. The average molecular weight is 622 g/mol. The van der Waals surface area contributed by atoms with Gasteiger partial charge in [-0.2, -0.15) is 0 Å². The first-order chi connectivity index (χ1) is 20.5. The van der Waals surface area contributed by atoms with Crippen molar-refractivity contribution in [2.75, 3.05) is 10.8 Å². The smallest absolute Gasteiger partial charge is 0.264 e. The molecule has 1 N–H and O–H groups in total. The van der Waals surface area contributed by atoms with E-state index in [-0.39, 0.29) is 35.5 Å². The summed E-state index contributed by atoms with van der Waals surface area (Å²) in [4.78, 5) is 29.3. The summed E-state index contributed by atoms with van der Waals surface area (Å²) in [7, 11) is -4.22. The van der Waals surface area contributed by atoms with Crippen LogP contribution in [-0.4, -0.2) is 43.8 Å². The number of anilines is 1. The Balaban J connectivity index is 1.78. The van der Waals surface area contributed by atoms with Crippen molar-refractivity contribution in [3.63, 3.8) is 0 Å². The topological polar surface area (TPSA) is 86.8 Å². The van der Waals surface area contributed by atoms with Crippen LogP contribution in [0.5, 0.6) is 0 Å². The van der Waals surface area contributed by atoms with Crippen LogP contribution in [0.4, 0.5) is 10.1 Å². The largest absolute Gasteiger partial charge is 0.352 e. The lowest BCUT2D eigenvalue weighted by atomic mass is 10.0. The lowest BCUT2D eigenvalue weighted by molar-refractivity contribution is -0.140. The Morgan fingerprint density at radius 3 is 1.98 bits per heavy atom. The van der Waals surface area contributed by atoms with E-state index >= 15 is 0 Å². The predicted molar refractivity (Wildman–Crippen MR) is 167 cm³/mol. The lowest BCUT2D eigenvalue weighted by Gasteiger charge is -2.34. The van der Waals surface area contributed by atoms with E-state index in [2.05, 4.69) is 5.32 Å². The summed E-state index contributed by atoms with van der Waals surface area (Å²) >= 11 is 6.01. The van der Waals surface area contributed by atoms with Crippen molar-refractivity contribution < 1.29 is 22.4 Å². The number of carbonyl (C=O) groups excluding carboxylic acids is 2. The standard InChI is InChI=1S/C33H33ClFN3O4S/c1-24(2)36-33(40)31(21-25-9-5-3-6-10-25)37(22-26-13-17-28(35)18-14-26)32(39)23-38(29-11-7-4-8-12-29)43(41,42)30-19-15-27(34)16-20-30/h3-20,24,31H,21-23H2,1-2H3,(H,36,40)/t31-/m0/s1. The molecule has 1 atom stereocenters. The summed E-state index contributed by atoms with van der Waals surface area (Å²) in [5.41, 5.74) is 1.67. The Morgan fingerprint density at radius 1 is 0.814 bits per heavy atom. The normalized spacial score (nSPS) is 12.0. The molecule has 4 rings (SSSR count). The van der Waals surface area contributed by atoms with Crippen LogP contribution in [0, 0.1) is 5.82 Å². The molecule has 0 bridgehead atoms. The quantitative estimate of drug-likeness (QED) is 0.215. The van der Waals surface area contributed by atoms with Gasteiger partial charge in [0.05, 0.1) is 10.6 Å². The summed E-state index contributed by atoms with van der Waals surface area (Å²) in [5.74, 6) is -1.43. The molecule has 2 amide bonds. The second-order valence-corrected chi connectivity index (χ2v) is 12.6. The second kappa shape index (κ2) is 14.3. The highest BCUT2D eigenvalue weighted by atomic mass is 35.5. The molecule has 4 aromatic carbocycles. The van der Waals surface area contributed by atoms with E-state index < -0.39 is 34.3 Å². The van der Waals surface area contributed by atoms with Crippen LogP contribution in [-0.2, 0) is 32.6 Å². The molecule has 0 aromatic heterocycles. The molecule has 0 spiro atoms. The third-order valence-corrected chi connectivity index (χ3v) is 8.73. The van der Waals surface area contributed by atoms with Gasteiger partial charge in [-0.3, -0.25) is 13.9 Å². The molecule has 0 aliphatic rings. The molecule has 0 saturated carbocycles. The van der Waals surface area contributed by atoms with Crippen molar-refractivity contribution in [1.82, 2.24) is 10.2 Å². The minimum atomic E-state index is -4.22. The van der Waals surface area contributed by atoms with Gasteiger partial charge in [-0.1, -0.05) is 72.3 Å². The van der Waals surface area contributed by atoms with Gasteiger partial charge in [0.25, 0.3) is 10.0 Å². The fraction of sp³-hybridized carbons (Fsp3) is 0.212. The first-order valence-corrected chi connectivity index (χ1v) is 15.6. The third kappa shape index (κ3) is 8.43. The molecule has 0 heterocycles. The van der Waals surface area contributed by atoms with E-state index in [1.807, 2.05) is 44.2 Å². The molecule has 0 aliphatic carbocycles. The predicted octanol–water partition coefficient (Wildman–Crippen LogP) is 5.84. The van der Waals surface area contributed by atoms with Gasteiger partial charge < -0.3 is 10.2 Å². The minimum Gasteiger partial charge on any atom is -0.352 e. The van der Waals surface area contributed by atoms with E-state index in [4.69, 9.17) is 11.6 Å². The number of hydrogen-bond acceptors (Lipinski definition) is 4. The number of hydrogen-bond donors (Lipinski definition) is 1. The van der Waals surface area contributed by atoms with Gasteiger partial charge in [-0.15, -0.1) is 0 Å². The fourth-order valence-electron chi connectivity index (χ4n) is 4.58. The zero-order valence-corrected chi connectivity index (χ0v) is 25.4. The van der Waals surface area contributed by atoms with E-state index in [0.717, 1.165) is 9.87 Å². The highest BCUT2D eigenvalue weighted by Crippen LogP contribution is 2.26. The van der Waals surface area contributed by atoms with Crippen molar-refractivity contribution >= 4 is 39.1 Å². The van der Waals surface area contributed by atoms with Gasteiger partial charge in [-0.05, 0) is 73.5 Å². The van der Waals surface area contributed by atoms with Crippen LogP contribution in [0.1, 0.15) is 25.0 Å². The maximum atomic E-state index is 14.3. The van der Waals surface area contributed by atoms with Crippen LogP contribution < -0.4 is 9.62 Å². The molecule has 0 aliphatic heterocycles. The fourth-order valence-corrected chi connectivity index (χ4v) is 6.12. The van der Waals surface area contributed by atoms with Crippen molar-refractivity contribution in [1.29, 1.82) is 0 Å². The average Bonchev–Trinajstić information content (AvgIpc) is 2.99. The Morgan fingerprint density at radius 2 is 1.40 bits per heavy atom. The highest BCUT2D eigenvalue weighted by Gasteiger charge is 2.34. The summed E-state index contributed by atoms with van der Waals surface area (Å²) in [5, 5.41) is 3.27. The number of benzene rings is 4. The van der Waals surface area contributed by atoms with Crippen LogP contribution >= 0.6 is 11.6 Å². The SMILES string of the molecule is CC(C)NC(=O)[C@H](Cc1ccccc1)N(Cc1ccc(F)cc1)C(=O)CN(c1ccccc1)S(=O)(=O)c1ccc(Cl)cc1. The number of nitrogens with zero attached hydrogens (tertiary/aromatic N) is 2. The molecule has 0 saturated heterocycles. The molecule has 224 valence electrons. The molecule has 7 nitrogen and oxygen atoms in total. The number of halogens is 2. The molecule has 0 radical (unpaired) electrons. The van der Waals surface area contributed by atoms with Crippen LogP contribution in [0.2, 0.25) is 5.02 Å². The number of carbonyl (C=O) groups is 2. The summed E-state index contributed by atoms with van der Waals surface area (Å²) in [6.07, 6.45) is 0.182. The van der Waals surface area contributed by atoms with E-state index in [1.165, 1.54) is 53.4 Å². The van der Waals surface area contributed by atoms with Gasteiger partial charge in [0.2, 0.25) is 11.8 Å². The number of para-hydroxylation sites is 1.